The molecule has 4 aromatic carbocycles. The zero-order valence-electron chi connectivity index (χ0n) is 28.8. The number of aromatic nitrogens is 4. The molecule has 0 saturated carbocycles. The SMILES string of the molecule is Cc1cc(C)c(-c2cnn(-c3[c-]c(Oc4[c-]c5c(cc4)c4ccccc4n5-c4cc(C(C)C)ccn4)cc(C(C)(C)C)c3)c2)c(C)c1.[Pt+2]. The van der Waals surface area contributed by atoms with Gasteiger partial charge in [0.2, 0.25) is 0 Å². The number of hydrogen-bond acceptors (Lipinski definition) is 3. The summed E-state index contributed by atoms with van der Waals surface area (Å²) in [5.74, 6) is 2.49. The molecule has 0 amide bonds. The molecule has 0 aliphatic heterocycles. The maximum absolute atomic E-state index is 6.59. The van der Waals surface area contributed by atoms with Crippen molar-refractivity contribution < 1.29 is 25.8 Å². The number of pyridine rings is 1. The molecule has 244 valence electrons. The third kappa shape index (κ3) is 6.24. The summed E-state index contributed by atoms with van der Waals surface area (Å²) >= 11 is 0. The molecule has 0 radical (unpaired) electrons. The summed E-state index contributed by atoms with van der Waals surface area (Å²) in [5, 5.41) is 7.03. The summed E-state index contributed by atoms with van der Waals surface area (Å²) < 4.78 is 10.7. The van der Waals surface area contributed by atoms with Gasteiger partial charge in [-0.05, 0) is 83.6 Å². The van der Waals surface area contributed by atoms with Gasteiger partial charge in [-0.3, -0.25) is 4.68 Å². The minimum atomic E-state index is -0.116. The van der Waals surface area contributed by atoms with Gasteiger partial charge in [0.15, 0.2) is 0 Å². The Morgan fingerprint density at radius 2 is 1.56 bits per heavy atom. The molecule has 0 saturated heterocycles. The van der Waals surface area contributed by atoms with E-state index >= 15 is 0 Å². The van der Waals surface area contributed by atoms with E-state index in [1.54, 1.807) is 0 Å². The second-order valence-corrected chi connectivity index (χ2v) is 14.0. The first kappa shape index (κ1) is 33.4. The Balaban J connectivity index is 0.00000401. The van der Waals surface area contributed by atoms with Gasteiger partial charge in [-0.15, -0.1) is 41.3 Å². The number of para-hydroxylation sites is 1. The van der Waals surface area contributed by atoms with E-state index in [0.717, 1.165) is 44.4 Å². The van der Waals surface area contributed by atoms with Crippen LogP contribution in [0.4, 0.5) is 0 Å². The van der Waals surface area contributed by atoms with E-state index in [1.807, 2.05) is 23.1 Å². The quantitative estimate of drug-likeness (QED) is 0.157. The van der Waals surface area contributed by atoms with Crippen molar-refractivity contribution >= 4 is 21.8 Å². The number of rotatable bonds is 6. The molecule has 0 fully saturated rings. The summed E-state index contributed by atoms with van der Waals surface area (Å²) in [6.07, 6.45) is 5.91. The van der Waals surface area contributed by atoms with E-state index < -0.39 is 0 Å². The molecule has 48 heavy (non-hydrogen) atoms. The summed E-state index contributed by atoms with van der Waals surface area (Å²) in [6.45, 7) is 17.5. The van der Waals surface area contributed by atoms with Crippen LogP contribution in [0.2, 0.25) is 0 Å². The zero-order valence-corrected chi connectivity index (χ0v) is 31.0. The summed E-state index contributed by atoms with van der Waals surface area (Å²) in [5.41, 5.74) is 11.1. The average molecular weight is 812 g/mol. The fourth-order valence-corrected chi connectivity index (χ4v) is 6.56. The van der Waals surface area contributed by atoms with Crippen LogP contribution < -0.4 is 4.74 Å². The van der Waals surface area contributed by atoms with Gasteiger partial charge in [0.05, 0.1) is 6.20 Å². The minimum Gasteiger partial charge on any atom is -0.509 e. The molecule has 0 atom stereocenters. The Kier molecular flexibility index (Phi) is 8.95. The van der Waals surface area contributed by atoms with Crippen molar-refractivity contribution in [3.05, 3.63) is 131 Å². The van der Waals surface area contributed by atoms with Gasteiger partial charge >= 0.3 is 21.1 Å². The van der Waals surface area contributed by atoms with E-state index in [9.17, 15) is 0 Å². The fraction of sp³-hybridized carbons (Fsp3) is 0.238. The topological polar surface area (TPSA) is 44.9 Å². The third-order valence-corrected chi connectivity index (χ3v) is 8.93. The van der Waals surface area contributed by atoms with E-state index in [-0.39, 0.29) is 26.5 Å². The number of hydrogen-bond donors (Lipinski definition) is 0. The Hall–Kier alpha value is -4.47. The van der Waals surface area contributed by atoms with Crippen molar-refractivity contribution in [2.75, 3.05) is 0 Å². The van der Waals surface area contributed by atoms with E-state index in [1.165, 1.54) is 27.8 Å². The molecule has 5 nitrogen and oxygen atoms in total. The molecule has 0 N–H and O–H groups in total. The van der Waals surface area contributed by atoms with Gasteiger partial charge in [0.25, 0.3) is 0 Å². The molecule has 0 aliphatic carbocycles. The Labute approximate surface area is 297 Å². The van der Waals surface area contributed by atoms with Crippen LogP contribution in [0.15, 0.2) is 91.4 Å². The normalized spacial score (nSPS) is 11.8. The van der Waals surface area contributed by atoms with Gasteiger partial charge in [-0.25, -0.2) is 4.98 Å². The van der Waals surface area contributed by atoms with Crippen molar-refractivity contribution in [3.8, 4) is 34.1 Å². The molecule has 3 aromatic heterocycles. The summed E-state index contributed by atoms with van der Waals surface area (Å²) in [7, 11) is 0. The van der Waals surface area contributed by atoms with E-state index in [4.69, 9.17) is 14.8 Å². The first-order valence-electron chi connectivity index (χ1n) is 16.3. The van der Waals surface area contributed by atoms with Crippen LogP contribution in [0, 0.1) is 32.9 Å². The van der Waals surface area contributed by atoms with Crippen LogP contribution in [0.1, 0.15) is 68.4 Å². The number of nitrogens with zero attached hydrogens (tertiary/aromatic N) is 4. The fourth-order valence-electron chi connectivity index (χ4n) is 6.56. The second-order valence-electron chi connectivity index (χ2n) is 14.0. The Morgan fingerprint density at radius 1 is 0.812 bits per heavy atom. The molecule has 0 unspecified atom stereocenters. The van der Waals surface area contributed by atoms with Crippen molar-refractivity contribution in [1.82, 2.24) is 19.3 Å². The smallest absolute Gasteiger partial charge is 0.509 e. The Bertz CT molecular complexity index is 2260. The van der Waals surface area contributed by atoms with E-state index in [2.05, 4.69) is 145 Å². The van der Waals surface area contributed by atoms with Crippen molar-refractivity contribution in [2.24, 2.45) is 0 Å². The Morgan fingerprint density at radius 3 is 2.29 bits per heavy atom. The monoisotopic (exact) mass is 811 g/mol. The second kappa shape index (κ2) is 12.9. The van der Waals surface area contributed by atoms with Crippen LogP contribution in [-0.4, -0.2) is 19.3 Å². The third-order valence-electron chi connectivity index (χ3n) is 8.93. The zero-order chi connectivity index (χ0) is 33.0. The summed E-state index contributed by atoms with van der Waals surface area (Å²) in [4.78, 5) is 4.79. The number of benzene rings is 4. The minimum absolute atomic E-state index is 0. The molecular weight excluding hydrogens is 772 g/mol. The maximum atomic E-state index is 6.59. The number of ether oxygens (including phenoxy) is 1. The molecular formula is C42H40N4OPt. The van der Waals surface area contributed by atoms with Crippen LogP contribution >= 0.6 is 0 Å². The van der Waals surface area contributed by atoms with Crippen LogP contribution in [0.5, 0.6) is 11.5 Å². The van der Waals surface area contributed by atoms with Gasteiger partial charge in [0, 0.05) is 35.0 Å². The van der Waals surface area contributed by atoms with Gasteiger partial charge < -0.3 is 9.30 Å². The van der Waals surface area contributed by atoms with Gasteiger partial charge in [0.1, 0.15) is 5.82 Å². The van der Waals surface area contributed by atoms with Crippen molar-refractivity contribution in [3.63, 3.8) is 0 Å². The molecule has 0 aliphatic rings. The first-order valence-corrected chi connectivity index (χ1v) is 16.3. The molecule has 0 bridgehead atoms. The van der Waals surface area contributed by atoms with Crippen LogP contribution in [0.25, 0.3) is 44.4 Å². The predicted octanol–water partition coefficient (Wildman–Crippen LogP) is 10.8. The molecule has 7 rings (SSSR count). The molecule has 0 spiro atoms. The standard InChI is InChI=1S/C42H40N4O.Pt/c1-26(2)30-15-16-43-40(19-30)46-38-12-10-9-11-36(38)37-14-13-34(23-39(37)46)47-35-21-32(42(6,7)8)20-33(22-35)45-25-31(24-44-45)41-28(4)17-27(3)18-29(41)5;/h9-21,24-26H,1-8H3;/q-2;+2. The van der Waals surface area contributed by atoms with Crippen molar-refractivity contribution in [1.29, 1.82) is 0 Å². The first-order chi connectivity index (χ1) is 22.5. The van der Waals surface area contributed by atoms with Crippen LogP contribution in [0.3, 0.4) is 0 Å². The number of aryl methyl sites for hydroxylation is 3. The molecule has 6 heteroatoms. The summed E-state index contributed by atoms with van der Waals surface area (Å²) in [6, 6.07) is 32.6. The van der Waals surface area contributed by atoms with Crippen LogP contribution in [-0.2, 0) is 26.5 Å². The largest absolute Gasteiger partial charge is 2.00 e. The van der Waals surface area contributed by atoms with E-state index in [0.29, 0.717) is 17.4 Å². The van der Waals surface area contributed by atoms with Gasteiger partial charge in [-0.2, -0.15) is 11.2 Å². The average Bonchev–Trinajstić information content (AvgIpc) is 3.63. The predicted molar refractivity (Wildman–Crippen MR) is 192 cm³/mol. The number of fused-ring (bicyclic) bond motifs is 3. The molecule has 3 heterocycles. The van der Waals surface area contributed by atoms with Crippen molar-refractivity contribution in [2.45, 2.75) is 66.7 Å². The van der Waals surface area contributed by atoms with Gasteiger partial charge in [-0.1, -0.05) is 76.0 Å². The molecule has 7 aromatic rings. The maximum Gasteiger partial charge on any atom is 2.00 e.